The maximum absolute atomic E-state index is 4.06. The van der Waals surface area contributed by atoms with Gasteiger partial charge in [0.15, 0.2) is 10.2 Å². The highest BCUT2D eigenvalue weighted by Crippen LogP contribution is 2.24. The Kier molecular flexibility index (Phi) is 4.43. The van der Waals surface area contributed by atoms with Crippen LogP contribution in [0.3, 0.4) is 0 Å². The van der Waals surface area contributed by atoms with Gasteiger partial charge in [-0.1, -0.05) is 36.4 Å². The summed E-state index contributed by atoms with van der Waals surface area (Å²) < 4.78 is 2.83. The molecule has 0 spiro atoms. The van der Waals surface area contributed by atoms with Crippen molar-refractivity contribution in [3.8, 4) is 0 Å². The molecule has 2 aromatic rings. The molecule has 0 unspecified atom stereocenters. The van der Waals surface area contributed by atoms with Gasteiger partial charge in [-0.3, -0.25) is 0 Å². The summed E-state index contributed by atoms with van der Waals surface area (Å²) in [6.07, 6.45) is 2.24. The van der Waals surface area contributed by atoms with E-state index in [0.29, 0.717) is 0 Å². The first-order valence-electron chi connectivity index (χ1n) is 5.47. The lowest BCUT2D eigenvalue weighted by Gasteiger charge is -2.01. The van der Waals surface area contributed by atoms with E-state index in [-0.39, 0.29) is 0 Å². The summed E-state index contributed by atoms with van der Waals surface area (Å²) in [5.41, 5.74) is 0. The van der Waals surface area contributed by atoms with Crippen molar-refractivity contribution in [2.24, 2.45) is 0 Å². The van der Waals surface area contributed by atoms with E-state index in [9.17, 15) is 0 Å². The van der Waals surface area contributed by atoms with Crippen LogP contribution in [0.1, 0.15) is 30.6 Å². The highest BCUT2D eigenvalue weighted by atomic mass is 32.2. The van der Waals surface area contributed by atoms with Gasteiger partial charge in [-0.15, -0.1) is 15.3 Å². The molecule has 0 aliphatic heterocycles. The molecule has 0 N–H and O–H groups in total. The van der Waals surface area contributed by atoms with E-state index in [0.717, 1.165) is 40.3 Å². The fraction of sp³-hybridized carbons (Fsp3) is 0.667. The third-order valence-electron chi connectivity index (χ3n) is 2.16. The van der Waals surface area contributed by atoms with Crippen LogP contribution in [-0.4, -0.2) is 30.4 Å². The van der Waals surface area contributed by atoms with Crippen molar-refractivity contribution in [2.75, 3.05) is 0 Å². The molecule has 0 atom stereocenters. The summed E-state index contributed by atoms with van der Waals surface area (Å²) in [5, 5.41) is 20.7. The van der Waals surface area contributed by atoms with Crippen molar-refractivity contribution in [3.05, 3.63) is 10.8 Å². The van der Waals surface area contributed by atoms with Gasteiger partial charge >= 0.3 is 0 Å². The van der Waals surface area contributed by atoms with Gasteiger partial charge < -0.3 is 0 Å². The number of tetrazole rings is 1. The summed E-state index contributed by atoms with van der Waals surface area (Å²) >= 11 is 3.22. The average molecular weight is 270 g/mol. The quantitative estimate of drug-likeness (QED) is 0.747. The molecular formula is C9H14N6S2. The fourth-order valence-electron chi connectivity index (χ4n) is 1.27. The van der Waals surface area contributed by atoms with Crippen molar-refractivity contribution in [3.63, 3.8) is 0 Å². The number of rotatable bonds is 6. The van der Waals surface area contributed by atoms with Gasteiger partial charge in [0, 0.05) is 6.54 Å². The molecule has 0 saturated heterocycles. The molecule has 0 bridgehead atoms. The average Bonchev–Trinajstić information content (AvgIpc) is 2.92. The van der Waals surface area contributed by atoms with Gasteiger partial charge in [-0.05, 0) is 23.8 Å². The molecular weight excluding hydrogens is 256 g/mol. The Hall–Kier alpha value is -1.02. The van der Waals surface area contributed by atoms with Crippen molar-refractivity contribution < 1.29 is 0 Å². The summed E-state index contributed by atoms with van der Waals surface area (Å²) in [6.45, 7) is 4.99. The molecule has 0 aromatic carbocycles. The third-order valence-corrected chi connectivity index (χ3v) is 4.13. The maximum Gasteiger partial charge on any atom is 0.174 e. The Labute approximate surface area is 108 Å². The van der Waals surface area contributed by atoms with Crippen molar-refractivity contribution >= 4 is 23.1 Å². The maximum atomic E-state index is 4.06. The van der Waals surface area contributed by atoms with E-state index >= 15 is 0 Å². The number of hydrogen-bond acceptors (Lipinski definition) is 7. The van der Waals surface area contributed by atoms with Crippen LogP contribution in [0.2, 0.25) is 0 Å². The first-order chi connectivity index (χ1) is 8.29. The Balaban J connectivity index is 1.92. The van der Waals surface area contributed by atoms with Gasteiger partial charge in [-0.2, -0.15) is 0 Å². The van der Waals surface area contributed by atoms with E-state index in [2.05, 4.69) is 32.6 Å². The van der Waals surface area contributed by atoms with Crippen LogP contribution in [-0.2, 0) is 12.3 Å². The molecule has 17 heavy (non-hydrogen) atoms. The molecule has 8 heteroatoms. The first-order valence-corrected chi connectivity index (χ1v) is 7.27. The van der Waals surface area contributed by atoms with Crippen LogP contribution in [0, 0.1) is 6.92 Å². The molecule has 0 radical (unpaired) electrons. The normalized spacial score (nSPS) is 10.9. The van der Waals surface area contributed by atoms with Crippen molar-refractivity contribution in [1.29, 1.82) is 0 Å². The van der Waals surface area contributed by atoms with E-state index in [1.165, 1.54) is 0 Å². The molecule has 2 heterocycles. The molecule has 92 valence electrons. The first kappa shape index (κ1) is 12.4. The van der Waals surface area contributed by atoms with Crippen LogP contribution in [0.25, 0.3) is 0 Å². The molecule has 0 saturated carbocycles. The minimum atomic E-state index is 0.741. The number of nitrogens with zero attached hydrogens (tertiary/aromatic N) is 6. The van der Waals surface area contributed by atoms with Gasteiger partial charge in [0.05, 0.1) is 5.75 Å². The lowest BCUT2D eigenvalue weighted by atomic mass is 10.3. The molecule has 0 aliphatic rings. The SMILES string of the molecule is CCCCn1nnnc1CSc1nnc(C)s1. The van der Waals surface area contributed by atoms with Gasteiger partial charge in [0.25, 0.3) is 0 Å². The molecule has 0 amide bonds. The minimum absolute atomic E-state index is 0.741. The van der Waals surface area contributed by atoms with Gasteiger partial charge in [0.2, 0.25) is 0 Å². The second-order valence-electron chi connectivity index (χ2n) is 3.55. The predicted octanol–water partition coefficient (Wildman–Crippen LogP) is 1.93. The topological polar surface area (TPSA) is 69.4 Å². The van der Waals surface area contributed by atoms with Crippen LogP contribution < -0.4 is 0 Å². The molecule has 6 nitrogen and oxygen atoms in total. The third kappa shape index (κ3) is 3.47. The Morgan fingerprint density at radius 2 is 2.18 bits per heavy atom. The number of hydrogen-bond donors (Lipinski definition) is 0. The molecule has 2 aromatic heterocycles. The van der Waals surface area contributed by atoms with Crippen molar-refractivity contribution in [1.82, 2.24) is 30.4 Å². The molecule has 0 fully saturated rings. The molecule has 2 rings (SSSR count). The zero-order chi connectivity index (χ0) is 12.1. The summed E-state index contributed by atoms with van der Waals surface area (Å²) in [6, 6.07) is 0. The lowest BCUT2D eigenvalue weighted by Crippen LogP contribution is -2.04. The Morgan fingerprint density at radius 3 is 2.88 bits per heavy atom. The van der Waals surface area contributed by atoms with E-state index in [1.807, 2.05) is 11.6 Å². The van der Waals surface area contributed by atoms with Crippen LogP contribution in [0.15, 0.2) is 4.34 Å². The zero-order valence-electron chi connectivity index (χ0n) is 9.83. The second-order valence-corrected chi connectivity index (χ2v) is 5.95. The van der Waals surface area contributed by atoms with Crippen LogP contribution in [0.4, 0.5) is 0 Å². The predicted molar refractivity (Wildman–Crippen MR) is 66.9 cm³/mol. The van der Waals surface area contributed by atoms with Crippen LogP contribution >= 0.6 is 23.1 Å². The summed E-state index contributed by atoms with van der Waals surface area (Å²) in [4.78, 5) is 0. The van der Waals surface area contributed by atoms with Crippen LogP contribution in [0.5, 0.6) is 0 Å². The number of aryl methyl sites for hydroxylation is 2. The van der Waals surface area contributed by atoms with Crippen molar-refractivity contribution in [2.45, 2.75) is 43.3 Å². The zero-order valence-corrected chi connectivity index (χ0v) is 11.5. The fourth-order valence-corrected chi connectivity index (χ4v) is 3.02. The smallest absolute Gasteiger partial charge is 0.174 e. The van der Waals surface area contributed by atoms with E-state index in [4.69, 9.17) is 0 Å². The van der Waals surface area contributed by atoms with Gasteiger partial charge in [-0.25, -0.2) is 4.68 Å². The van der Waals surface area contributed by atoms with E-state index in [1.54, 1.807) is 23.1 Å². The Bertz CT molecular complexity index is 466. The summed E-state index contributed by atoms with van der Waals surface area (Å²) in [5.74, 6) is 1.64. The number of aromatic nitrogens is 6. The Morgan fingerprint density at radius 1 is 1.29 bits per heavy atom. The number of thioether (sulfide) groups is 1. The molecule has 0 aliphatic carbocycles. The highest BCUT2D eigenvalue weighted by Gasteiger charge is 2.08. The summed E-state index contributed by atoms with van der Waals surface area (Å²) in [7, 11) is 0. The minimum Gasteiger partial charge on any atom is -0.229 e. The standard InChI is InChI=1S/C9H14N6S2/c1-3-4-5-15-8(11-13-14-15)6-16-9-12-10-7(2)17-9/h3-6H2,1-2H3. The monoisotopic (exact) mass is 270 g/mol. The second kappa shape index (κ2) is 6.06. The van der Waals surface area contributed by atoms with Gasteiger partial charge in [0.1, 0.15) is 5.01 Å². The van der Waals surface area contributed by atoms with E-state index < -0.39 is 0 Å². The largest absolute Gasteiger partial charge is 0.229 e. The highest BCUT2D eigenvalue weighted by molar-refractivity contribution is 8.00. The lowest BCUT2D eigenvalue weighted by molar-refractivity contribution is 0.540. The number of unbranched alkanes of at least 4 members (excludes halogenated alkanes) is 1.